The number of alkyl halides is 3. The Morgan fingerprint density at radius 1 is 0.955 bits per heavy atom. The van der Waals surface area contributed by atoms with Crippen LogP contribution in [0.2, 0.25) is 0 Å². The molecule has 0 saturated heterocycles. The maximum absolute atomic E-state index is 12.8. The molecule has 0 aliphatic heterocycles. The second-order valence-electron chi connectivity index (χ2n) is 4.33. The molecule has 0 radical (unpaired) electrons. The third-order valence-electron chi connectivity index (χ3n) is 2.77. The first-order valence-corrected chi connectivity index (χ1v) is 6.42. The van der Waals surface area contributed by atoms with E-state index in [2.05, 4.69) is 0 Å². The van der Waals surface area contributed by atoms with Crippen molar-refractivity contribution in [1.82, 2.24) is 0 Å². The van der Waals surface area contributed by atoms with Gasteiger partial charge in [0.2, 0.25) is 0 Å². The molecule has 0 N–H and O–H groups in total. The Balaban J connectivity index is 1.91. The zero-order valence-corrected chi connectivity index (χ0v) is 11.4. The molecular weight excluding hydrogens is 295 g/mol. The number of benzene rings is 2. The molecule has 0 aliphatic rings. The van der Waals surface area contributed by atoms with E-state index in [0.29, 0.717) is 11.3 Å². The molecule has 0 spiro atoms. The van der Waals surface area contributed by atoms with Crippen LogP contribution < -0.4 is 9.47 Å². The van der Waals surface area contributed by atoms with Gasteiger partial charge in [-0.2, -0.15) is 18.4 Å². The smallest absolute Gasteiger partial charge is 0.419 e. The van der Waals surface area contributed by atoms with Gasteiger partial charge in [-0.1, -0.05) is 18.2 Å². The Kier molecular flexibility index (Phi) is 4.89. The topological polar surface area (TPSA) is 42.2 Å². The van der Waals surface area contributed by atoms with E-state index in [1.165, 1.54) is 18.2 Å². The van der Waals surface area contributed by atoms with Gasteiger partial charge in [0, 0.05) is 0 Å². The quantitative estimate of drug-likeness (QED) is 0.783. The summed E-state index contributed by atoms with van der Waals surface area (Å²) in [5, 5.41) is 8.75. The van der Waals surface area contributed by atoms with E-state index in [9.17, 15) is 13.2 Å². The van der Waals surface area contributed by atoms with Crippen LogP contribution in [0.3, 0.4) is 0 Å². The summed E-state index contributed by atoms with van der Waals surface area (Å²) in [5.41, 5.74) is -0.373. The third kappa shape index (κ3) is 4.16. The monoisotopic (exact) mass is 307 g/mol. The highest BCUT2D eigenvalue weighted by atomic mass is 19.4. The van der Waals surface area contributed by atoms with E-state index >= 15 is 0 Å². The van der Waals surface area contributed by atoms with E-state index in [0.717, 1.165) is 6.07 Å². The summed E-state index contributed by atoms with van der Waals surface area (Å²) in [6, 6.07) is 13.5. The molecule has 2 aromatic carbocycles. The standard InChI is InChI=1S/C16H12F3NO2/c17-16(18,19)14-6-1-2-7-15(14)22-9-8-21-13-5-3-4-12(10-13)11-20/h1-7,10H,8-9H2. The van der Waals surface area contributed by atoms with Crippen LogP contribution in [-0.2, 0) is 6.18 Å². The van der Waals surface area contributed by atoms with Crippen molar-refractivity contribution < 1.29 is 22.6 Å². The Bertz CT molecular complexity index is 678. The average molecular weight is 307 g/mol. The Morgan fingerprint density at radius 3 is 2.41 bits per heavy atom. The van der Waals surface area contributed by atoms with Crippen molar-refractivity contribution >= 4 is 0 Å². The number of para-hydroxylation sites is 1. The lowest BCUT2D eigenvalue weighted by Gasteiger charge is -2.14. The summed E-state index contributed by atoms with van der Waals surface area (Å²) in [5.74, 6) is 0.233. The van der Waals surface area contributed by atoms with Gasteiger partial charge in [0.25, 0.3) is 0 Å². The van der Waals surface area contributed by atoms with Crippen molar-refractivity contribution in [3.05, 3.63) is 59.7 Å². The molecule has 0 aromatic heterocycles. The Morgan fingerprint density at radius 2 is 1.68 bits per heavy atom. The van der Waals surface area contributed by atoms with Crippen molar-refractivity contribution in [2.75, 3.05) is 13.2 Å². The van der Waals surface area contributed by atoms with Crippen LogP contribution in [0.25, 0.3) is 0 Å². The molecule has 0 saturated carbocycles. The van der Waals surface area contributed by atoms with Gasteiger partial charge in [0.15, 0.2) is 0 Å². The van der Waals surface area contributed by atoms with Gasteiger partial charge >= 0.3 is 6.18 Å². The van der Waals surface area contributed by atoms with Crippen molar-refractivity contribution in [1.29, 1.82) is 5.26 Å². The maximum Gasteiger partial charge on any atom is 0.419 e. The second kappa shape index (κ2) is 6.85. The highest BCUT2D eigenvalue weighted by molar-refractivity contribution is 5.36. The van der Waals surface area contributed by atoms with Crippen LogP contribution in [-0.4, -0.2) is 13.2 Å². The van der Waals surface area contributed by atoms with Gasteiger partial charge in [0.1, 0.15) is 24.7 Å². The number of hydrogen-bond donors (Lipinski definition) is 0. The van der Waals surface area contributed by atoms with E-state index < -0.39 is 11.7 Å². The molecule has 0 atom stereocenters. The number of rotatable bonds is 5. The molecule has 3 nitrogen and oxygen atoms in total. The van der Waals surface area contributed by atoms with Crippen molar-refractivity contribution in [2.45, 2.75) is 6.18 Å². The number of nitriles is 1. The van der Waals surface area contributed by atoms with Gasteiger partial charge in [-0.05, 0) is 30.3 Å². The largest absolute Gasteiger partial charge is 0.490 e. The minimum atomic E-state index is -4.46. The molecule has 0 amide bonds. The fourth-order valence-electron chi connectivity index (χ4n) is 1.79. The van der Waals surface area contributed by atoms with E-state index in [1.807, 2.05) is 6.07 Å². The first-order chi connectivity index (χ1) is 10.5. The summed E-state index contributed by atoms with van der Waals surface area (Å²) in [6.45, 7) is 0.0327. The number of ether oxygens (including phenoxy) is 2. The fraction of sp³-hybridized carbons (Fsp3) is 0.188. The lowest BCUT2D eigenvalue weighted by Crippen LogP contribution is -2.13. The summed E-state index contributed by atoms with van der Waals surface area (Å²) >= 11 is 0. The number of halogens is 3. The zero-order valence-electron chi connectivity index (χ0n) is 11.4. The molecule has 114 valence electrons. The lowest BCUT2D eigenvalue weighted by molar-refractivity contribution is -0.139. The van der Waals surface area contributed by atoms with Gasteiger partial charge in [-0.3, -0.25) is 0 Å². The summed E-state index contributed by atoms with van der Waals surface area (Å²) in [6.07, 6.45) is -4.46. The number of nitrogens with zero attached hydrogens (tertiary/aromatic N) is 1. The van der Waals surface area contributed by atoms with Gasteiger partial charge in [0.05, 0.1) is 17.2 Å². The van der Waals surface area contributed by atoms with Crippen molar-refractivity contribution in [2.24, 2.45) is 0 Å². The minimum Gasteiger partial charge on any atom is -0.490 e. The van der Waals surface area contributed by atoms with Gasteiger partial charge in [-0.15, -0.1) is 0 Å². The second-order valence-corrected chi connectivity index (χ2v) is 4.33. The van der Waals surface area contributed by atoms with Gasteiger partial charge < -0.3 is 9.47 Å². The summed E-state index contributed by atoms with van der Waals surface area (Å²) in [4.78, 5) is 0. The van der Waals surface area contributed by atoms with Crippen LogP contribution in [0.5, 0.6) is 11.5 Å². The predicted octanol–water partition coefficient (Wildman–Crippen LogP) is 4.03. The van der Waals surface area contributed by atoms with E-state index in [-0.39, 0.29) is 19.0 Å². The van der Waals surface area contributed by atoms with Crippen molar-refractivity contribution in [3.8, 4) is 17.6 Å². The Hall–Kier alpha value is -2.68. The first-order valence-electron chi connectivity index (χ1n) is 6.42. The minimum absolute atomic E-state index is 0.0378. The predicted molar refractivity (Wildman–Crippen MR) is 73.6 cm³/mol. The molecule has 0 heterocycles. The van der Waals surface area contributed by atoms with Crippen LogP contribution in [0.1, 0.15) is 11.1 Å². The molecule has 2 aromatic rings. The fourth-order valence-corrected chi connectivity index (χ4v) is 1.79. The SMILES string of the molecule is N#Cc1cccc(OCCOc2ccccc2C(F)(F)F)c1. The zero-order chi connectivity index (χ0) is 16.0. The molecule has 22 heavy (non-hydrogen) atoms. The molecule has 0 bridgehead atoms. The van der Waals surface area contributed by atoms with Crippen molar-refractivity contribution in [3.63, 3.8) is 0 Å². The maximum atomic E-state index is 12.8. The van der Waals surface area contributed by atoms with Crippen LogP contribution in [0, 0.1) is 11.3 Å². The van der Waals surface area contributed by atoms with E-state index in [4.69, 9.17) is 14.7 Å². The molecule has 0 fully saturated rings. The Labute approximate surface area is 125 Å². The molecule has 0 unspecified atom stereocenters. The number of hydrogen-bond acceptors (Lipinski definition) is 3. The highest BCUT2D eigenvalue weighted by Gasteiger charge is 2.33. The average Bonchev–Trinajstić information content (AvgIpc) is 2.51. The normalized spacial score (nSPS) is 10.8. The van der Waals surface area contributed by atoms with Crippen LogP contribution in [0.4, 0.5) is 13.2 Å². The summed E-state index contributed by atoms with van der Waals surface area (Å²) < 4.78 is 48.8. The first kappa shape index (κ1) is 15.7. The highest BCUT2D eigenvalue weighted by Crippen LogP contribution is 2.35. The van der Waals surface area contributed by atoms with E-state index in [1.54, 1.807) is 24.3 Å². The van der Waals surface area contributed by atoms with Crippen LogP contribution >= 0.6 is 0 Å². The molecule has 0 aliphatic carbocycles. The molecule has 2 rings (SSSR count). The third-order valence-corrected chi connectivity index (χ3v) is 2.77. The molecular formula is C16H12F3NO2. The lowest BCUT2D eigenvalue weighted by atomic mass is 10.2. The van der Waals surface area contributed by atoms with Gasteiger partial charge in [-0.25, -0.2) is 0 Å². The molecule has 6 heteroatoms. The van der Waals surface area contributed by atoms with Crippen LogP contribution in [0.15, 0.2) is 48.5 Å². The summed E-state index contributed by atoms with van der Waals surface area (Å²) in [7, 11) is 0.